The zero-order valence-electron chi connectivity index (χ0n) is 7.45. The summed E-state index contributed by atoms with van der Waals surface area (Å²) in [6.07, 6.45) is 0. The lowest BCUT2D eigenvalue weighted by Gasteiger charge is -2.02. The van der Waals surface area contributed by atoms with E-state index in [1.54, 1.807) is 6.07 Å². The Bertz CT molecular complexity index is 412. The molecule has 0 amide bonds. The molecular formula is C11H10NO. The van der Waals surface area contributed by atoms with E-state index in [0.29, 0.717) is 12.5 Å². The third kappa shape index (κ3) is 1.61. The summed E-state index contributed by atoms with van der Waals surface area (Å²) in [6, 6.07) is 12.8. The predicted octanol–water partition coefficient (Wildman–Crippen LogP) is 2.43. The van der Waals surface area contributed by atoms with Crippen molar-refractivity contribution in [2.24, 2.45) is 0 Å². The molecule has 0 saturated carbocycles. The van der Waals surface area contributed by atoms with Crippen LogP contribution in [0.2, 0.25) is 0 Å². The number of para-hydroxylation sites is 1. The highest BCUT2D eigenvalue weighted by Gasteiger charge is 1.96. The summed E-state index contributed by atoms with van der Waals surface area (Å²) < 4.78 is 5.27. The third-order valence-corrected chi connectivity index (χ3v) is 1.78. The topological polar surface area (TPSA) is 22.1 Å². The molecule has 65 valence electrons. The fourth-order valence-corrected chi connectivity index (χ4v) is 1.21. The molecule has 2 heteroatoms. The first-order valence-electron chi connectivity index (χ1n) is 4.30. The van der Waals surface area contributed by atoms with Gasteiger partial charge < -0.3 is 4.74 Å². The zero-order valence-corrected chi connectivity index (χ0v) is 7.45. The quantitative estimate of drug-likeness (QED) is 0.694. The minimum atomic E-state index is 0.638. The Morgan fingerprint density at radius 1 is 1.38 bits per heavy atom. The Morgan fingerprint density at radius 3 is 3.08 bits per heavy atom. The van der Waals surface area contributed by atoms with Gasteiger partial charge in [-0.1, -0.05) is 18.2 Å². The Balaban J connectivity index is 2.49. The molecule has 0 N–H and O–H groups in total. The first-order valence-corrected chi connectivity index (χ1v) is 4.30. The van der Waals surface area contributed by atoms with E-state index in [4.69, 9.17) is 4.74 Å². The molecule has 0 atom stereocenters. The first-order chi connectivity index (χ1) is 6.40. The predicted molar refractivity (Wildman–Crippen MR) is 51.7 cm³/mol. The van der Waals surface area contributed by atoms with Crippen LogP contribution in [0.4, 0.5) is 0 Å². The molecule has 1 aromatic carbocycles. The molecule has 0 saturated heterocycles. The van der Waals surface area contributed by atoms with Crippen molar-refractivity contribution < 1.29 is 4.74 Å². The third-order valence-electron chi connectivity index (χ3n) is 1.78. The lowest BCUT2D eigenvalue weighted by Crippen LogP contribution is -1.93. The second-order valence-corrected chi connectivity index (χ2v) is 2.69. The van der Waals surface area contributed by atoms with Crippen molar-refractivity contribution in [3.8, 4) is 5.88 Å². The van der Waals surface area contributed by atoms with E-state index in [-0.39, 0.29) is 0 Å². The van der Waals surface area contributed by atoms with Gasteiger partial charge in [0.05, 0.1) is 12.1 Å². The number of rotatable bonds is 2. The van der Waals surface area contributed by atoms with Crippen LogP contribution in [0.25, 0.3) is 10.9 Å². The van der Waals surface area contributed by atoms with Crippen LogP contribution in [0.1, 0.15) is 6.92 Å². The van der Waals surface area contributed by atoms with Crippen molar-refractivity contribution in [1.29, 1.82) is 0 Å². The Labute approximate surface area is 77.2 Å². The minimum absolute atomic E-state index is 0.638. The lowest BCUT2D eigenvalue weighted by molar-refractivity contribution is 0.328. The Kier molecular flexibility index (Phi) is 2.13. The molecule has 2 nitrogen and oxygen atoms in total. The standard InChI is InChI=1S/C11H10NO/c1-2-13-11-8-7-9-5-3-4-6-10(9)12-11/h3-6,8H,2H2,1H3. The van der Waals surface area contributed by atoms with Crippen molar-refractivity contribution in [1.82, 2.24) is 4.98 Å². The maximum Gasteiger partial charge on any atom is 0.214 e. The fourth-order valence-electron chi connectivity index (χ4n) is 1.21. The second kappa shape index (κ2) is 3.44. The van der Waals surface area contributed by atoms with Gasteiger partial charge in [0.25, 0.3) is 0 Å². The maximum absolute atomic E-state index is 5.27. The molecule has 0 aliphatic carbocycles. The van der Waals surface area contributed by atoms with Crippen LogP contribution < -0.4 is 4.74 Å². The van der Waals surface area contributed by atoms with E-state index in [9.17, 15) is 0 Å². The van der Waals surface area contributed by atoms with Crippen LogP contribution in [-0.4, -0.2) is 11.6 Å². The summed E-state index contributed by atoms with van der Waals surface area (Å²) in [5.74, 6) is 0.640. The number of hydrogen-bond acceptors (Lipinski definition) is 2. The van der Waals surface area contributed by atoms with Crippen LogP contribution in [0.5, 0.6) is 5.88 Å². The molecule has 13 heavy (non-hydrogen) atoms. The van der Waals surface area contributed by atoms with Gasteiger partial charge in [0.15, 0.2) is 0 Å². The second-order valence-electron chi connectivity index (χ2n) is 2.69. The smallest absolute Gasteiger partial charge is 0.214 e. The number of ether oxygens (including phenoxy) is 1. The van der Waals surface area contributed by atoms with Gasteiger partial charge in [-0.25, -0.2) is 4.98 Å². The van der Waals surface area contributed by atoms with Crippen molar-refractivity contribution in [2.45, 2.75) is 6.92 Å². The fraction of sp³-hybridized carbons (Fsp3) is 0.182. The lowest BCUT2D eigenvalue weighted by atomic mass is 10.2. The van der Waals surface area contributed by atoms with Crippen molar-refractivity contribution >= 4 is 10.9 Å². The van der Waals surface area contributed by atoms with Crippen LogP contribution in [0.3, 0.4) is 0 Å². The average Bonchev–Trinajstić information content (AvgIpc) is 2.18. The van der Waals surface area contributed by atoms with E-state index in [1.165, 1.54) is 0 Å². The van der Waals surface area contributed by atoms with E-state index in [2.05, 4.69) is 11.1 Å². The van der Waals surface area contributed by atoms with Crippen molar-refractivity contribution in [2.75, 3.05) is 6.61 Å². The number of aromatic nitrogens is 1. The van der Waals surface area contributed by atoms with Gasteiger partial charge in [-0.2, -0.15) is 0 Å². The van der Waals surface area contributed by atoms with Gasteiger partial charge in [0, 0.05) is 11.5 Å². The molecule has 0 spiro atoms. The van der Waals surface area contributed by atoms with Gasteiger partial charge in [-0.3, -0.25) is 0 Å². The van der Waals surface area contributed by atoms with E-state index >= 15 is 0 Å². The van der Waals surface area contributed by atoms with Crippen LogP contribution in [-0.2, 0) is 0 Å². The minimum Gasteiger partial charge on any atom is -0.478 e. The normalized spacial score (nSPS) is 10.2. The van der Waals surface area contributed by atoms with Gasteiger partial charge in [-0.15, -0.1) is 0 Å². The monoisotopic (exact) mass is 172 g/mol. The van der Waals surface area contributed by atoms with E-state index in [0.717, 1.165) is 10.9 Å². The Morgan fingerprint density at radius 2 is 2.23 bits per heavy atom. The summed E-state index contributed by atoms with van der Waals surface area (Å²) >= 11 is 0. The highest BCUT2D eigenvalue weighted by atomic mass is 16.5. The summed E-state index contributed by atoms with van der Waals surface area (Å²) in [5.41, 5.74) is 0.924. The van der Waals surface area contributed by atoms with Crippen LogP contribution >= 0.6 is 0 Å². The van der Waals surface area contributed by atoms with Gasteiger partial charge in [0.1, 0.15) is 0 Å². The van der Waals surface area contributed by atoms with E-state index in [1.807, 2.05) is 31.2 Å². The van der Waals surface area contributed by atoms with Crippen molar-refractivity contribution in [3.63, 3.8) is 0 Å². The molecule has 2 rings (SSSR count). The van der Waals surface area contributed by atoms with Crippen LogP contribution in [0, 0.1) is 6.07 Å². The van der Waals surface area contributed by atoms with Gasteiger partial charge >= 0.3 is 0 Å². The highest BCUT2D eigenvalue weighted by molar-refractivity contribution is 5.78. The average molecular weight is 172 g/mol. The summed E-state index contributed by atoms with van der Waals surface area (Å²) in [6.45, 7) is 2.58. The largest absolute Gasteiger partial charge is 0.478 e. The number of nitrogens with zero attached hydrogens (tertiary/aromatic N) is 1. The molecule has 1 radical (unpaired) electrons. The molecule has 1 heterocycles. The molecule has 0 aliphatic heterocycles. The van der Waals surface area contributed by atoms with Gasteiger partial charge in [-0.05, 0) is 19.1 Å². The van der Waals surface area contributed by atoms with E-state index < -0.39 is 0 Å². The number of pyridine rings is 1. The maximum atomic E-state index is 5.27. The molecule has 1 aromatic heterocycles. The molecule has 0 bridgehead atoms. The summed E-state index contributed by atoms with van der Waals surface area (Å²) in [4.78, 5) is 4.31. The Hall–Kier alpha value is -1.57. The molecule has 0 aliphatic rings. The first kappa shape index (κ1) is 8.05. The SMILES string of the molecule is CCOc1c[c]c2ccccc2n1. The summed E-state index contributed by atoms with van der Waals surface area (Å²) in [5, 5.41) is 1.02. The van der Waals surface area contributed by atoms with Crippen LogP contribution in [0.15, 0.2) is 30.3 Å². The number of hydrogen-bond donors (Lipinski definition) is 0. The van der Waals surface area contributed by atoms with Crippen molar-refractivity contribution in [3.05, 3.63) is 36.4 Å². The molecule has 0 fully saturated rings. The molecular weight excluding hydrogens is 162 g/mol. The molecule has 0 unspecified atom stereocenters. The number of fused-ring (bicyclic) bond motifs is 1. The zero-order chi connectivity index (χ0) is 9.10. The summed E-state index contributed by atoms with van der Waals surface area (Å²) in [7, 11) is 0. The molecule has 2 aromatic rings. The number of benzene rings is 1. The highest BCUT2D eigenvalue weighted by Crippen LogP contribution is 2.14. The van der Waals surface area contributed by atoms with Gasteiger partial charge in [0.2, 0.25) is 5.88 Å².